The Bertz CT molecular complexity index is 841. The molecule has 0 radical (unpaired) electrons. The third-order valence-corrected chi connectivity index (χ3v) is 4.18. The fourth-order valence-corrected chi connectivity index (χ4v) is 2.82. The summed E-state index contributed by atoms with van der Waals surface area (Å²) < 4.78 is 5.17. The molecule has 1 aliphatic heterocycles. The number of hydrogen-bond acceptors (Lipinski definition) is 7. The second-order valence-electron chi connectivity index (χ2n) is 6.59. The van der Waals surface area contributed by atoms with Gasteiger partial charge in [0.1, 0.15) is 23.1 Å². The number of phenolic OH excluding ortho intramolecular Hbond substituents is 2. The van der Waals surface area contributed by atoms with Crippen LogP contribution in [0.15, 0.2) is 29.9 Å². The predicted octanol–water partition coefficient (Wildman–Crippen LogP) is 1.44. The number of ketones is 1. The van der Waals surface area contributed by atoms with Gasteiger partial charge < -0.3 is 25.4 Å². The minimum atomic E-state index is -1.21. The molecule has 0 aromatic heterocycles. The number of ether oxygens (including phenoxy) is 1. The minimum absolute atomic E-state index is 0.0194. The Kier molecular flexibility index (Phi) is 6.94. The smallest absolute Gasteiger partial charge is 0.342 e. The van der Waals surface area contributed by atoms with E-state index in [9.17, 15) is 29.7 Å². The zero-order chi connectivity index (χ0) is 20.8. The fraction of sp³-hybridized carbons (Fsp3) is 0.350. The van der Waals surface area contributed by atoms with E-state index in [0.29, 0.717) is 5.57 Å². The first-order chi connectivity index (χ1) is 13.2. The molecule has 0 unspecified atom stereocenters. The van der Waals surface area contributed by atoms with E-state index in [4.69, 9.17) is 4.74 Å². The molecule has 2 atom stereocenters. The van der Waals surface area contributed by atoms with Gasteiger partial charge in [-0.1, -0.05) is 17.7 Å². The molecule has 1 amide bonds. The molecule has 1 aliphatic rings. The van der Waals surface area contributed by atoms with Crippen LogP contribution in [0.3, 0.4) is 0 Å². The number of carbonyl (C=O) groups is 3. The quantitative estimate of drug-likeness (QED) is 0.534. The van der Waals surface area contributed by atoms with Crippen molar-refractivity contribution >= 4 is 23.7 Å². The molecular weight excluding hydrogens is 366 g/mol. The highest BCUT2D eigenvalue weighted by Crippen LogP contribution is 2.29. The molecule has 1 aromatic carbocycles. The van der Waals surface area contributed by atoms with Crippen molar-refractivity contribution in [3.63, 3.8) is 0 Å². The van der Waals surface area contributed by atoms with E-state index in [0.717, 1.165) is 6.07 Å². The number of phenols is 2. The molecule has 0 fully saturated rings. The number of esters is 1. The van der Waals surface area contributed by atoms with Crippen molar-refractivity contribution in [1.82, 2.24) is 5.32 Å². The third-order valence-electron chi connectivity index (χ3n) is 4.18. The van der Waals surface area contributed by atoms with Gasteiger partial charge in [-0.15, -0.1) is 0 Å². The summed E-state index contributed by atoms with van der Waals surface area (Å²) in [7, 11) is 0. The minimum Gasteiger partial charge on any atom is -0.508 e. The van der Waals surface area contributed by atoms with Gasteiger partial charge in [-0.05, 0) is 31.1 Å². The van der Waals surface area contributed by atoms with Gasteiger partial charge in [0.2, 0.25) is 5.91 Å². The van der Waals surface area contributed by atoms with Crippen LogP contribution in [0.5, 0.6) is 11.5 Å². The van der Waals surface area contributed by atoms with Crippen LogP contribution in [-0.4, -0.2) is 51.7 Å². The van der Waals surface area contributed by atoms with Crippen molar-refractivity contribution in [2.24, 2.45) is 0 Å². The van der Waals surface area contributed by atoms with Gasteiger partial charge in [-0.3, -0.25) is 9.59 Å². The zero-order valence-electron chi connectivity index (χ0n) is 15.6. The first-order valence-corrected chi connectivity index (χ1v) is 8.75. The number of amides is 1. The molecule has 1 aromatic rings. The van der Waals surface area contributed by atoms with Crippen LogP contribution in [0.25, 0.3) is 6.08 Å². The maximum atomic E-state index is 12.4. The van der Waals surface area contributed by atoms with E-state index in [2.05, 4.69) is 5.32 Å². The Morgan fingerprint density at radius 1 is 1.25 bits per heavy atom. The largest absolute Gasteiger partial charge is 0.508 e. The van der Waals surface area contributed by atoms with Crippen LogP contribution in [0.4, 0.5) is 0 Å². The molecule has 2 rings (SSSR count). The predicted molar refractivity (Wildman–Crippen MR) is 101 cm³/mol. The van der Waals surface area contributed by atoms with Gasteiger partial charge in [-0.2, -0.15) is 0 Å². The second kappa shape index (κ2) is 9.18. The SMILES string of the molecule is CC(=O)N[C@@H]1C(=O)C=C(C)CCOC(=O)c2c(O)cc(O)cc2C=CC[C@@H]1O. The van der Waals surface area contributed by atoms with Crippen LogP contribution >= 0.6 is 0 Å². The number of hydrogen-bond donors (Lipinski definition) is 4. The van der Waals surface area contributed by atoms with E-state index in [1.54, 1.807) is 6.92 Å². The maximum Gasteiger partial charge on any atom is 0.342 e. The summed E-state index contributed by atoms with van der Waals surface area (Å²) in [4.78, 5) is 36.2. The highest BCUT2D eigenvalue weighted by atomic mass is 16.5. The molecule has 0 bridgehead atoms. The van der Waals surface area contributed by atoms with Gasteiger partial charge in [0.15, 0.2) is 5.78 Å². The van der Waals surface area contributed by atoms with Gasteiger partial charge >= 0.3 is 5.97 Å². The van der Waals surface area contributed by atoms with Crippen LogP contribution in [0.1, 0.15) is 42.6 Å². The Morgan fingerprint density at radius 3 is 2.64 bits per heavy atom. The molecular formula is C20H23NO7. The van der Waals surface area contributed by atoms with E-state index in [1.807, 2.05) is 0 Å². The van der Waals surface area contributed by atoms with Crippen molar-refractivity contribution in [3.05, 3.63) is 41.0 Å². The number of aliphatic hydroxyl groups excluding tert-OH is 1. The van der Waals surface area contributed by atoms with Crippen molar-refractivity contribution in [1.29, 1.82) is 0 Å². The van der Waals surface area contributed by atoms with E-state index >= 15 is 0 Å². The lowest BCUT2D eigenvalue weighted by atomic mass is 9.99. The summed E-state index contributed by atoms with van der Waals surface area (Å²) in [6.45, 7) is 2.88. The molecule has 150 valence electrons. The average Bonchev–Trinajstić information content (AvgIpc) is 2.57. The third kappa shape index (κ3) is 5.43. The van der Waals surface area contributed by atoms with Crippen LogP contribution in [0.2, 0.25) is 0 Å². The summed E-state index contributed by atoms with van der Waals surface area (Å²) in [6, 6.07) is 1.18. The molecule has 4 N–H and O–H groups in total. The highest BCUT2D eigenvalue weighted by Gasteiger charge is 2.26. The first-order valence-electron chi connectivity index (χ1n) is 8.75. The first kappa shape index (κ1) is 21.2. The summed E-state index contributed by atoms with van der Waals surface area (Å²) >= 11 is 0. The Labute approximate surface area is 162 Å². The lowest BCUT2D eigenvalue weighted by Gasteiger charge is -2.21. The molecule has 8 heteroatoms. The fourth-order valence-electron chi connectivity index (χ4n) is 2.82. The molecule has 8 nitrogen and oxygen atoms in total. The number of nitrogens with one attached hydrogen (secondary N) is 1. The number of benzene rings is 1. The summed E-state index contributed by atoms with van der Waals surface area (Å²) in [5.74, 6) is -2.38. The molecule has 28 heavy (non-hydrogen) atoms. The highest BCUT2D eigenvalue weighted by molar-refractivity contribution is 5.98. The topological polar surface area (TPSA) is 133 Å². The lowest BCUT2D eigenvalue weighted by molar-refractivity contribution is -0.126. The number of aliphatic hydroxyl groups is 1. The number of aromatic hydroxyl groups is 2. The summed E-state index contributed by atoms with van der Waals surface area (Å²) in [5, 5.41) is 32.6. The van der Waals surface area contributed by atoms with Crippen LogP contribution in [0, 0.1) is 0 Å². The number of rotatable bonds is 1. The van der Waals surface area contributed by atoms with Gasteiger partial charge in [-0.25, -0.2) is 4.79 Å². The van der Waals surface area contributed by atoms with Crippen molar-refractivity contribution < 1.29 is 34.4 Å². The van der Waals surface area contributed by atoms with Crippen molar-refractivity contribution in [2.45, 2.75) is 38.8 Å². The summed E-state index contributed by atoms with van der Waals surface area (Å²) in [6.07, 6.45) is 3.22. The van der Waals surface area contributed by atoms with E-state index in [1.165, 1.54) is 31.2 Å². The van der Waals surface area contributed by atoms with Gasteiger partial charge in [0.25, 0.3) is 0 Å². The normalized spacial score (nSPS) is 21.2. The Balaban J connectivity index is 2.43. The monoisotopic (exact) mass is 389 g/mol. The maximum absolute atomic E-state index is 12.4. The summed E-state index contributed by atoms with van der Waals surface area (Å²) in [5.41, 5.74) is 0.682. The zero-order valence-corrected chi connectivity index (χ0v) is 15.6. The van der Waals surface area contributed by atoms with E-state index in [-0.39, 0.29) is 36.3 Å². The van der Waals surface area contributed by atoms with Gasteiger partial charge in [0.05, 0.1) is 12.7 Å². The average molecular weight is 389 g/mol. The molecule has 0 aliphatic carbocycles. The number of carbonyl (C=O) groups excluding carboxylic acids is 3. The van der Waals surface area contributed by atoms with Crippen molar-refractivity contribution in [3.8, 4) is 11.5 Å². The lowest BCUT2D eigenvalue weighted by Crippen LogP contribution is -2.47. The number of cyclic esters (lactones) is 1. The molecule has 0 saturated heterocycles. The second-order valence-corrected chi connectivity index (χ2v) is 6.59. The molecule has 0 spiro atoms. The Morgan fingerprint density at radius 2 is 1.96 bits per heavy atom. The molecule has 0 saturated carbocycles. The number of fused-ring (bicyclic) bond motifs is 1. The van der Waals surface area contributed by atoms with Crippen LogP contribution in [-0.2, 0) is 14.3 Å². The van der Waals surface area contributed by atoms with Crippen molar-refractivity contribution in [2.75, 3.05) is 6.61 Å². The van der Waals surface area contributed by atoms with Gasteiger partial charge in [0, 0.05) is 19.4 Å². The van der Waals surface area contributed by atoms with Crippen LogP contribution < -0.4 is 5.32 Å². The molecule has 1 heterocycles. The van der Waals surface area contributed by atoms with E-state index < -0.39 is 35.6 Å². The Hall–Kier alpha value is -3.13. The standard InChI is InChI=1S/C20H23NO7/c1-11-6-7-28-20(27)18-13(9-14(23)10-16(18)25)4-3-5-15(24)19(17(26)8-11)21-12(2)22/h3-4,8-10,15,19,23-25H,5-7H2,1-2H3,(H,21,22)/t15-,19-/m0/s1.